The van der Waals surface area contributed by atoms with Crippen molar-refractivity contribution in [3.05, 3.63) is 54.8 Å². The molecule has 0 bridgehead atoms. The summed E-state index contributed by atoms with van der Waals surface area (Å²) in [4.78, 5) is 31.5. The normalized spacial score (nSPS) is 15.9. The number of benzene rings is 1. The number of rotatable bonds is 5. The van der Waals surface area contributed by atoms with Crippen LogP contribution in [-0.4, -0.2) is 56.2 Å². The summed E-state index contributed by atoms with van der Waals surface area (Å²) in [7, 11) is 0. The maximum atomic E-state index is 14.7. The molecular weight excluding hydrogens is 402 g/mol. The van der Waals surface area contributed by atoms with E-state index in [1.54, 1.807) is 0 Å². The van der Waals surface area contributed by atoms with Crippen molar-refractivity contribution in [1.29, 1.82) is 0 Å². The number of nitrogens with zero attached hydrogens (tertiary/aromatic N) is 5. The molecule has 1 aliphatic heterocycles. The van der Waals surface area contributed by atoms with Crippen LogP contribution in [0.5, 0.6) is 0 Å². The quantitative estimate of drug-likeness (QED) is 0.654. The maximum absolute atomic E-state index is 14.7. The van der Waals surface area contributed by atoms with E-state index in [0.29, 0.717) is 5.82 Å². The molecule has 12 heteroatoms. The van der Waals surface area contributed by atoms with Gasteiger partial charge in [0.05, 0.1) is 24.3 Å². The number of halogens is 2. The first kappa shape index (κ1) is 19.2. The van der Waals surface area contributed by atoms with Crippen molar-refractivity contribution in [3.8, 4) is 16.9 Å². The second-order valence-electron chi connectivity index (χ2n) is 6.33. The second kappa shape index (κ2) is 7.73. The highest BCUT2D eigenvalue weighted by Gasteiger charge is 2.33. The molecule has 1 aliphatic rings. The molecule has 1 saturated heterocycles. The summed E-state index contributed by atoms with van der Waals surface area (Å²) in [6.07, 6.45) is 1.21. The molecular formula is C18H14F2N6O4. The molecule has 4 rings (SSSR count). The van der Waals surface area contributed by atoms with Gasteiger partial charge in [0.1, 0.15) is 30.4 Å². The zero-order valence-electron chi connectivity index (χ0n) is 15.2. The number of hydrogen-bond donors (Lipinski definition) is 2. The van der Waals surface area contributed by atoms with Crippen LogP contribution in [0, 0.1) is 11.6 Å². The Labute approximate surface area is 167 Å². The first-order chi connectivity index (χ1) is 14.4. The lowest BCUT2D eigenvalue weighted by atomic mass is 10.1. The van der Waals surface area contributed by atoms with Crippen molar-refractivity contribution in [3.63, 3.8) is 0 Å². The first-order valence-electron chi connectivity index (χ1n) is 8.68. The van der Waals surface area contributed by atoms with Gasteiger partial charge in [0.15, 0.2) is 5.82 Å². The summed E-state index contributed by atoms with van der Waals surface area (Å²) < 4.78 is 35.9. The Morgan fingerprint density at radius 3 is 2.67 bits per heavy atom. The Morgan fingerprint density at radius 1 is 1.30 bits per heavy atom. The van der Waals surface area contributed by atoms with E-state index in [2.05, 4.69) is 20.4 Å². The predicted molar refractivity (Wildman–Crippen MR) is 98.1 cm³/mol. The van der Waals surface area contributed by atoms with E-state index in [1.165, 1.54) is 35.7 Å². The second-order valence-corrected chi connectivity index (χ2v) is 6.33. The molecule has 3 aromatic rings. The third-order valence-electron chi connectivity index (χ3n) is 4.38. The molecule has 0 spiro atoms. The van der Waals surface area contributed by atoms with E-state index in [-0.39, 0.29) is 29.9 Å². The number of nitrogens with one attached hydrogen (secondary N) is 1. The lowest BCUT2D eigenvalue weighted by molar-refractivity contribution is 0.136. The molecule has 0 aliphatic carbocycles. The first-order valence-corrected chi connectivity index (χ1v) is 8.68. The smallest absolute Gasteiger partial charge is 0.414 e. The molecule has 30 heavy (non-hydrogen) atoms. The highest BCUT2D eigenvalue weighted by Crippen LogP contribution is 2.31. The Hall–Kier alpha value is -4.09. The van der Waals surface area contributed by atoms with Crippen LogP contribution in [0.25, 0.3) is 16.9 Å². The third kappa shape index (κ3) is 3.74. The van der Waals surface area contributed by atoms with Crippen molar-refractivity contribution in [2.24, 2.45) is 0 Å². The maximum Gasteiger partial charge on any atom is 0.414 e. The number of carbonyl (C=O) groups excluding carboxylic acids is 1. The van der Waals surface area contributed by atoms with Gasteiger partial charge in [0.2, 0.25) is 0 Å². The summed E-state index contributed by atoms with van der Waals surface area (Å²) in [5.41, 5.74) is -0.134. The molecule has 2 aromatic heterocycles. The number of amides is 2. The minimum atomic E-state index is -1.27. The van der Waals surface area contributed by atoms with Crippen molar-refractivity contribution < 1.29 is 28.2 Å². The molecule has 0 unspecified atom stereocenters. The van der Waals surface area contributed by atoms with Crippen LogP contribution in [-0.2, 0) is 4.74 Å². The predicted octanol–water partition coefficient (Wildman–Crippen LogP) is 2.20. The average Bonchev–Trinajstić information content (AvgIpc) is 3.36. The topological polar surface area (TPSA) is 122 Å². The zero-order chi connectivity index (χ0) is 21.3. The van der Waals surface area contributed by atoms with E-state index in [9.17, 15) is 18.4 Å². The Bertz CT molecular complexity index is 1070. The largest absolute Gasteiger partial charge is 0.465 e. The molecule has 0 radical (unpaired) electrons. The average molecular weight is 416 g/mol. The van der Waals surface area contributed by atoms with Crippen molar-refractivity contribution in [2.75, 3.05) is 18.0 Å². The number of cyclic esters (lactones) is 1. The highest BCUT2D eigenvalue weighted by molar-refractivity contribution is 5.90. The van der Waals surface area contributed by atoms with Crippen LogP contribution in [0.2, 0.25) is 0 Å². The van der Waals surface area contributed by atoms with Crippen LogP contribution in [0.15, 0.2) is 43.1 Å². The number of carbonyl (C=O) groups is 2. The van der Waals surface area contributed by atoms with Crippen molar-refractivity contribution in [2.45, 2.75) is 6.10 Å². The molecule has 1 aromatic carbocycles. The molecule has 3 heterocycles. The summed E-state index contributed by atoms with van der Waals surface area (Å²) in [5, 5.41) is 14.6. The SMILES string of the molecule is O=C(O)NC[C@H]1CN(c2cc(F)c(-c3ccc(-n4cncn4)nc3)c(F)c2)C(=O)O1. The van der Waals surface area contributed by atoms with Gasteiger partial charge in [-0.15, -0.1) is 0 Å². The van der Waals surface area contributed by atoms with Crippen molar-refractivity contribution >= 4 is 17.9 Å². The van der Waals surface area contributed by atoms with Gasteiger partial charge in [0, 0.05) is 11.8 Å². The highest BCUT2D eigenvalue weighted by atomic mass is 19.1. The number of hydrogen-bond acceptors (Lipinski definition) is 6. The van der Waals surface area contributed by atoms with Crippen molar-refractivity contribution in [1.82, 2.24) is 25.1 Å². The Kier molecular flexibility index (Phi) is 4.96. The van der Waals surface area contributed by atoms with E-state index >= 15 is 0 Å². The minimum Gasteiger partial charge on any atom is -0.465 e. The van der Waals surface area contributed by atoms with Gasteiger partial charge >= 0.3 is 12.2 Å². The molecule has 2 amide bonds. The standard InChI is InChI=1S/C18H14F2N6O4/c19-13-3-11(25-7-12(30-18(25)29)6-23-17(27)28)4-14(20)16(13)10-1-2-15(22-5-10)26-9-21-8-24-26/h1-5,8-9,12,23H,6-7H2,(H,27,28)/t12-/m0/s1. The van der Waals surface area contributed by atoms with E-state index < -0.39 is 29.9 Å². The van der Waals surface area contributed by atoms with E-state index in [4.69, 9.17) is 9.84 Å². The molecule has 154 valence electrons. The van der Waals surface area contributed by atoms with Gasteiger partial charge in [-0.3, -0.25) is 4.90 Å². The summed E-state index contributed by atoms with van der Waals surface area (Å²) in [5.74, 6) is -1.35. The Morgan fingerprint density at radius 2 is 2.07 bits per heavy atom. The van der Waals surface area contributed by atoms with Crippen LogP contribution in [0.3, 0.4) is 0 Å². The number of carboxylic acid groups (broad SMARTS) is 1. The molecule has 10 nitrogen and oxygen atoms in total. The van der Waals surface area contributed by atoms with Crippen LogP contribution >= 0.6 is 0 Å². The lowest BCUT2D eigenvalue weighted by Gasteiger charge is -2.15. The lowest BCUT2D eigenvalue weighted by Crippen LogP contribution is -2.33. The van der Waals surface area contributed by atoms with Gasteiger partial charge < -0.3 is 15.2 Å². The van der Waals surface area contributed by atoms with Crippen LogP contribution in [0.4, 0.5) is 24.1 Å². The summed E-state index contributed by atoms with van der Waals surface area (Å²) in [6.45, 7) is -0.185. The fraction of sp³-hybridized carbons (Fsp3) is 0.167. The van der Waals surface area contributed by atoms with E-state index in [1.807, 2.05) is 0 Å². The summed E-state index contributed by atoms with van der Waals surface area (Å²) in [6, 6.07) is 5.05. The summed E-state index contributed by atoms with van der Waals surface area (Å²) >= 11 is 0. The fourth-order valence-corrected chi connectivity index (χ4v) is 3.03. The molecule has 0 saturated carbocycles. The van der Waals surface area contributed by atoms with Gasteiger partial charge in [-0.2, -0.15) is 5.10 Å². The molecule has 1 fully saturated rings. The minimum absolute atomic E-state index is 0.0382. The third-order valence-corrected chi connectivity index (χ3v) is 4.38. The van der Waals surface area contributed by atoms with Crippen LogP contribution in [0.1, 0.15) is 0 Å². The van der Waals surface area contributed by atoms with Crippen LogP contribution < -0.4 is 10.2 Å². The van der Waals surface area contributed by atoms with Gasteiger partial charge in [-0.1, -0.05) is 0 Å². The number of aromatic nitrogens is 4. The van der Waals surface area contributed by atoms with E-state index in [0.717, 1.165) is 17.0 Å². The number of pyridine rings is 1. The Balaban J connectivity index is 1.57. The van der Waals surface area contributed by atoms with Gasteiger partial charge in [-0.05, 0) is 24.3 Å². The van der Waals surface area contributed by atoms with Gasteiger partial charge in [0.25, 0.3) is 0 Å². The monoisotopic (exact) mass is 416 g/mol. The van der Waals surface area contributed by atoms with Gasteiger partial charge in [-0.25, -0.2) is 33.0 Å². The number of anilines is 1. The molecule has 2 N–H and O–H groups in total. The molecule has 1 atom stereocenters. The number of ether oxygens (including phenoxy) is 1. The zero-order valence-corrected chi connectivity index (χ0v) is 15.2. The fourth-order valence-electron chi connectivity index (χ4n) is 3.03.